The Morgan fingerprint density at radius 2 is 1.85 bits per heavy atom. The van der Waals surface area contributed by atoms with Crippen LogP contribution in [0.25, 0.3) is 0 Å². The van der Waals surface area contributed by atoms with Gasteiger partial charge in [0, 0.05) is 54.6 Å². The van der Waals surface area contributed by atoms with Gasteiger partial charge in [-0.25, -0.2) is 0 Å². The average molecular weight is 470 g/mol. The van der Waals surface area contributed by atoms with Crippen LogP contribution in [0.5, 0.6) is 5.88 Å². The van der Waals surface area contributed by atoms with E-state index >= 15 is 0 Å². The average Bonchev–Trinajstić information content (AvgIpc) is 3.34. The quantitative estimate of drug-likeness (QED) is 0.336. The summed E-state index contributed by atoms with van der Waals surface area (Å²) in [7, 11) is 0. The van der Waals surface area contributed by atoms with E-state index in [4.69, 9.17) is 15.9 Å². The Morgan fingerprint density at radius 1 is 1.12 bits per heavy atom. The molecular weight excluding hydrogens is 430 g/mol. The normalized spacial score (nSPS) is 9.73. The van der Waals surface area contributed by atoms with Crippen molar-refractivity contribution in [1.82, 2.24) is 9.97 Å². The van der Waals surface area contributed by atoms with E-state index in [1.165, 1.54) is 16.7 Å². The van der Waals surface area contributed by atoms with Crippen LogP contribution in [0.3, 0.4) is 0 Å². The number of pyridine rings is 1. The first-order chi connectivity index (χ1) is 16.0. The van der Waals surface area contributed by atoms with Crippen molar-refractivity contribution in [3.05, 3.63) is 64.1 Å². The van der Waals surface area contributed by atoms with Gasteiger partial charge in [-0.15, -0.1) is 11.3 Å². The number of nitrogens with two attached hydrogens (primary N) is 1. The maximum atomic E-state index is 6.92. The summed E-state index contributed by atoms with van der Waals surface area (Å²) in [4.78, 5) is 11.9. The van der Waals surface area contributed by atoms with Gasteiger partial charge in [0.25, 0.3) is 0 Å². The number of aromatic nitrogens is 2. The van der Waals surface area contributed by atoms with Crippen LogP contribution < -0.4 is 15.4 Å². The maximum absolute atomic E-state index is 6.92. The maximum Gasteiger partial charge on any atom is 0.217 e. The molecule has 0 aliphatic heterocycles. The summed E-state index contributed by atoms with van der Waals surface area (Å²) in [5.74, 6) is 1.10. The van der Waals surface area contributed by atoms with E-state index < -0.39 is 0 Å². The van der Waals surface area contributed by atoms with Crippen molar-refractivity contribution in [1.29, 1.82) is 5.41 Å². The molecule has 3 N–H and O–H groups in total. The van der Waals surface area contributed by atoms with E-state index in [0.717, 1.165) is 43.6 Å². The molecule has 2 aromatic heterocycles. The van der Waals surface area contributed by atoms with E-state index in [1.54, 1.807) is 11.3 Å². The first-order valence-electron chi connectivity index (χ1n) is 11.7. The fourth-order valence-corrected chi connectivity index (χ4v) is 3.64. The zero-order valence-electron chi connectivity index (χ0n) is 20.7. The van der Waals surface area contributed by atoms with Crippen LogP contribution in [-0.4, -0.2) is 35.9 Å². The molecule has 180 valence electrons. The van der Waals surface area contributed by atoms with Gasteiger partial charge in [0.05, 0.1) is 12.1 Å². The van der Waals surface area contributed by atoms with E-state index in [1.807, 2.05) is 68.9 Å². The van der Waals surface area contributed by atoms with Gasteiger partial charge in [-0.05, 0) is 25.3 Å². The number of nitrogens with zero attached hydrogens (tertiary/aromatic N) is 3. The molecule has 1 aromatic carbocycles. The second kappa shape index (κ2) is 16.7. The summed E-state index contributed by atoms with van der Waals surface area (Å²) >= 11 is 1.64. The minimum absolute atomic E-state index is 0.502. The number of nitrogens with one attached hydrogen (secondary N) is 1. The number of anilines is 2. The SMILES string of the molecule is CC.CCCN(CCC)c1cc(N)nc(OCCc2cncs2)c1.Cc1cccc(C=N)c1. The number of aryl methyl sites for hydroxylation is 1. The first kappa shape index (κ1) is 28.1. The second-order valence-electron chi connectivity index (χ2n) is 7.20. The number of nitrogen functional groups attached to an aromatic ring is 1. The van der Waals surface area contributed by atoms with E-state index in [0.29, 0.717) is 18.3 Å². The number of benzene rings is 1. The Hall–Kier alpha value is -2.93. The van der Waals surface area contributed by atoms with Crippen molar-refractivity contribution in [2.75, 3.05) is 30.3 Å². The summed E-state index contributed by atoms with van der Waals surface area (Å²) < 4.78 is 5.77. The lowest BCUT2D eigenvalue weighted by atomic mass is 10.2. The largest absolute Gasteiger partial charge is 0.477 e. The Morgan fingerprint density at radius 3 is 2.39 bits per heavy atom. The molecule has 6 nitrogen and oxygen atoms in total. The van der Waals surface area contributed by atoms with E-state index in [2.05, 4.69) is 28.7 Å². The molecule has 3 rings (SSSR count). The Kier molecular flexibility index (Phi) is 14.2. The van der Waals surface area contributed by atoms with Crippen LogP contribution in [0, 0.1) is 12.3 Å². The topological polar surface area (TPSA) is 88.1 Å². The van der Waals surface area contributed by atoms with Crippen molar-refractivity contribution in [2.24, 2.45) is 0 Å². The van der Waals surface area contributed by atoms with Crippen LogP contribution >= 0.6 is 11.3 Å². The third-order valence-electron chi connectivity index (χ3n) is 4.45. The number of thiazole rings is 1. The smallest absolute Gasteiger partial charge is 0.217 e. The highest BCUT2D eigenvalue weighted by molar-refractivity contribution is 7.09. The molecule has 0 amide bonds. The van der Waals surface area contributed by atoms with Crippen LogP contribution in [0.4, 0.5) is 11.5 Å². The standard InChI is InChI=1S/C16H24N4OS.C8H9N.C2H6/c1-3-6-20(7-4-2)13-9-15(17)19-16(10-13)21-8-5-14-11-18-12-22-14;1-7-3-2-4-8(5-7)6-9;1-2/h9-12H,3-8H2,1-2H3,(H2,17,19);2-6,9H,1H3;1-2H3. The molecule has 0 aliphatic carbocycles. The van der Waals surface area contributed by atoms with Crippen LogP contribution in [0.2, 0.25) is 0 Å². The van der Waals surface area contributed by atoms with Gasteiger partial charge < -0.3 is 20.8 Å². The zero-order chi connectivity index (χ0) is 24.5. The van der Waals surface area contributed by atoms with Crippen LogP contribution in [0.15, 0.2) is 48.1 Å². The van der Waals surface area contributed by atoms with Crippen molar-refractivity contribution >= 4 is 29.1 Å². The lowest BCUT2D eigenvalue weighted by Crippen LogP contribution is -2.25. The molecule has 0 unspecified atom stereocenters. The van der Waals surface area contributed by atoms with Gasteiger partial charge in [-0.3, -0.25) is 4.98 Å². The molecule has 7 heteroatoms. The van der Waals surface area contributed by atoms with Crippen molar-refractivity contribution < 1.29 is 4.74 Å². The summed E-state index contributed by atoms with van der Waals surface area (Å²) in [6.45, 7) is 13.0. The predicted molar refractivity (Wildman–Crippen MR) is 143 cm³/mol. The van der Waals surface area contributed by atoms with Crippen LogP contribution in [0.1, 0.15) is 56.5 Å². The molecule has 0 spiro atoms. The summed E-state index contributed by atoms with van der Waals surface area (Å²) in [6, 6.07) is 11.8. The fourth-order valence-electron chi connectivity index (χ4n) is 3.06. The number of hydrogen-bond acceptors (Lipinski definition) is 7. The van der Waals surface area contributed by atoms with Crippen molar-refractivity contribution in [3.8, 4) is 5.88 Å². The minimum atomic E-state index is 0.502. The van der Waals surface area contributed by atoms with Gasteiger partial charge >= 0.3 is 0 Å². The fraction of sp³-hybridized carbons (Fsp3) is 0.423. The Bertz CT molecular complexity index is 909. The Balaban J connectivity index is 0.000000412. The van der Waals surface area contributed by atoms with Gasteiger partial charge in [0.2, 0.25) is 5.88 Å². The number of ether oxygens (including phenoxy) is 1. The molecule has 33 heavy (non-hydrogen) atoms. The molecule has 0 saturated carbocycles. The van der Waals surface area contributed by atoms with Gasteiger partial charge in [0.1, 0.15) is 5.82 Å². The Labute approximate surface area is 203 Å². The molecule has 2 heterocycles. The molecule has 0 fully saturated rings. The molecule has 0 aliphatic rings. The molecule has 0 bridgehead atoms. The molecule has 0 radical (unpaired) electrons. The molecule has 3 aromatic rings. The molecular formula is C26H39N5OS. The third kappa shape index (κ3) is 11.0. The summed E-state index contributed by atoms with van der Waals surface area (Å²) in [6.07, 6.45) is 6.27. The summed E-state index contributed by atoms with van der Waals surface area (Å²) in [5.41, 5.74) is 11.0. The monoisotopic (exact) mass is 469 g/mol. The van der Waals surface area contributed by atoms with Crippen molar-refractivity contribution in [3.63, 3.8) is 0 Å². The lowest BCUT2D eigenvalue weighted by Gasteiger charge is -2.24. The van der Waals surface area contributed by atoms with E-state index in [-0.39, 0.29) is 0 Å². The van der Waals surface area contributed by atoms with Gasteiger partial charge in [-0.2, -0.15) is 4.98 Å². The number of rotatable bonds is 10. The second-order valence-corrected chi connectivity index (χ2v) is 8.17. The highest BCUT2D eigenvalue weighted by atomic mass is 32.1. The third-order valence-corrected chi connectivity index (χ3v) is 5.29. The van der Waals surface area contributed by atoms with Gasteiger partial charge in [0.15, 0.2) is 0 Å². The van der Waals surface area contributed by atoms with Crippen molar-refractivity contribution in [2.45, 2.75) is 53.9 Å². The summed E-state index contributed by atoms with van der Waals surface area (Å²) in [5, 5.41) is 6.92. The highest BCUT2D eigenvalue weighted by Gasteiger charge is 2.09. The number of hydrogen-bond donors (Lipinski definition) is 2. The van der Waals surface area contributed by atoms with Crippen LogP contribution in [-0.2, 0) is 6.42 Å². The predicted octanol–water partition coefficient (Wildman–Crippen LogP) is 6.39. The van der Waals surface area contributed by atoms with E-state index in [9.17, 15) is 0 Å². The lowest BCUT2D eigenvalue weighted by molar-refractivity contribution is 0.311. The minimum Gasteiger partial charge on any atom is -0.477 e. The van der Waals surface area contributed by atoms with Gasteiger partial charge in [-0.1, -0.05) is 57.5 Å². The molecule has 0 atom stereocenters. The first-order valence-corrected chi connectivity index (χ1v) is 12.5. The molecule has 0 saturated heterocycles. The zero-order valence-corrected chi connectivity index (χ0v) is 21.5. The highest BCUT2D eigenvalue weighted by Crippen LogP contribution is 2.23.